The van der Waals surface area contributed by atoms with Crippen molar-refractivity contribution >= 4 is 5.78 Å². The first-order valence-corrected chi connectivity index (χ1v) is 4.27. The van der Waals surface area contributed by atoms with E-state index in [1.807, 2.05) is 13.8 Å². The van der Waals surface area contributed by atoms with Gasteiger partial charge in [0, 0.05) is 0 Å². The molecule has 0 saturated carbocycles. The van der Waals surface area contributed by atoms with Crippen LogP contribution in [0.1, 0.15) is 13.8 Å². The number of rotatable bonds is 3. The average molecular weight is 186 g/mol. The smallest absolute Gasteiger partial charge is 0.186 e. The molecule has 1 heterocycles. The van der Waals surface area contributed by atoms with Crippen LogP contribution in [0.5, 0.6) is 0 Å². The first kappa shape index (κ1) is 10.4. The van der Waals surface area contributed by atoms with Crippen molar-refractivity contribution in [2.24, 2.45) is 0 Å². The molecule has 0 fully saturated rings. The van der Waals surface area contributed by atoms with Gasteiger partial charge >= 0.3 is 0 Å². The summed E-state index contributed by atoms with van der Waals surface area (Å²) in [6.45, 7) is 3.45. The Hall–Kier alpha value is -0.710. The van der Waals surface area contributed by atoms with Gasteiger partial charge in [-0.25, -0.2) is 0 Å². The van der Waals surface area contributed by atoms with E-state index in [2.05, 4.69) is 0 Å². The number of aliphatic hydroxyl groups is 1. The van der Waals surface area contributed by atoms with Crippen molar-refractivity contribution in [1.29, 1.82) is 0 Å². The molecule has 1 N–H and O–H groups in total. The number of carbonyl (C=O) groups excluding carboxylic acids is 1. The fourth-order valence-corrected chi connectivity index (χ4v) is 1.03. The van der Waals surface area contributed by atoms with E-state index in [0.29, 0.717) is 0 Å². The van der Waals surface area contributed by atoms with Gasteiger partial charge in [-0.05, 0) is 26.0 Å². The molecule has 1 aliphatic heterocycles. The third kappa shape index (κ3) is 2.91. The Bertz CT molecular complexity index is 210. The van der Waals surface area contributed by atoms with Crippen LogP contribution in [0.2, 0.25) is 0 Å². The summed E-state index contributed by atoms with van der Waals surface area (Å²) in [4.78, 5) is 11.0. The number of hydrogen-bond acceptors (Lipinski definition) is 4. The Morgan fingerprint density at radius 1 is 1.69 bits per heavy atom. The molecule has 0 radical (unpaired) electrons. The van der Waals surface area contributed by atoms with Crippen LogP contribution in [0.25, 0.3) is 0 Å². The van der Waals surface area contributed by atoms with Gasteiger partial charge < -0.3 is 14.6 Å². The van der Waals surface area contributed by atoms with Gasteiger partial charge in [0.2, 0.25) is 0 Å². The molecule has 0 aromatic heterocycles. The first-order valence-electron chi connectivity index (χ1n) is 4.27. The van der Waals surface area contributed by atoms with Gasteiger partial charge in [0.25, 0.3) is 0 Å². The summed E-state index contributed by atoms with van der Waals surface area (Å²) in [5.74, 6) is -0.217. The summed E-state index contributed by atoms with van der Waals surface area (Å²) >= 11 is 0. The van der Waals surface area contributed by atoms with E-state index in [4.69, 9.17) is 14.6 Å². The normalized spacial score (nSPS) is 28.5. The van der Waals surface area contributed by atoms with E-state index in [0.717, 1.165) is 0 Å². The van der Waals surface area contributed by atoms with Crippen LogP contribution in [0.3, 0.4) is 0 Å². The van der Waals surface area contributed by atoms with Crippen molar-refractivity contribution in [1.82, 2.24) is 0 Å². The Kier molecular flexibility index (Phi) is 3.59. The van der Waals surface area contributed by atoms with E-state index in [9.17, 15) is 4.79 Å². The van der Waals surface area contributed by atoms with Gasteiger partial charge in [-0.15, -0.1) is 0 Å². The van der Waals surface area contributed by atoms with E-state index in [1.54, 1.807) is 6.08 Å². The lowest BCUT2D eigenvalue weighted by atomic mass is 10.2. The topological polar surface area (TPSA) is 55.8 Å². The predicted molar refractivity (Wildman–Crippen MR) is 46.1 cm³/mol. The third-order valence-corrected chi connectivity index (χ3v) is 1.61. The highest BCUT2D eigenvalue weighted by Crippen LogP contribution is 2.11. The lowest BCUT2D eigenvalue weighted by Crippen LogP contribution is -2.36. The monoisotopic (exact) mass is 186 g/mol. The van der Waals surface area contributed by atoms with Crippen LogP contribution >= 0.6 is 0 Å². The maximum Gasteiger partial charge on any atom is 0.186 e. The Morgan fingerprint density at radius 3 is 2.92 bits per heavy atom. The van der Waals surface area contributed by atoms with E-state index >= 15 is 0 Å². The highest BCUT2D eigenvalue weighted by molar-refractivity contribution is 5.94. The minimum Gasteiger partial charge on any atom is -0.393 e. The number of carbonyl (C=O) groups is 1. The van der Waals surface area contributed by atoms with Crippen molar-refractivity contribution < 1.29 is 19.4 Å². The summed E-state index contributed by atoms with van der Waals surface area (Å²) in [6.07, 6.45) is 1.68. The molecule has 0 unspecified atom stereocenters. The van der Waals surface area contributed by atoms with Gasteiger partial charge in [-0.2, -0.15) is 0 Å². The fourth-order valence-electron chi connectivity index (χ4n) is 1.03. The molecule has 13 heavy (non-hydrogen) atoms. The predicted octanol–water partition coefficient (Wildman–Crippen LogP) is 0.254. The summed E-state index contributed by atoms with van der Waals surface area (Å²) in [6, 6.07) is 0. The van der Waals surface area contributed by atoms with Crippen LogP contribution in [0.15, 0.2) is 12.2 Å². The largest absolute Gasteiger partial charge is 0.393 e. The molecule has 0 aromatic carbocycles. The summed E-state index contributed by atoms with van der Waals surface area (Å²) in [5.41, 5.74) is 0. The van der Waals surface area contributed by atoms with Crippen LogP contribution in [0.4, 0.5) is 0 Å². The van der Waals surface area contributed by atoms with Gasteiger partial charge in [0.1, 0.15) is 6.10 Å². The van der Waals surface area contributed by atoms with Gasteiger partial charge in [-0.3, -0.25) is 4.79 Å². The molecule has 0 aliphatic carbocycles. The molecule has 4 heteroatoms. The van der Waals surface area contributed by atoms with Gasteiger partial charge in [0.05, 0.1) is 12.7 Å². The molecule has 0 saturated heterocycles. The minimum absolute atomic E-state index is 0.0298. The molecular weight excluding hydrogens is 172 g/mol. The van der Waals surface area contributed by atoms with Crippen LogP contribution in [-0.2, 0) is 14.3 Å². The van der Waals surface area contributed by atoms with Crippen molar-refractivity contribution in [3.63, 3.8) is 0 Å². The second-order valence-corrected chi connectivity index (χ2v) is 3.12. The molecule has 74 valence electrons. The van der Waals surface area contributed by atoms with Crippen molar-refractivity contribution in [2.75, 3.05) is 6.61 Å². The molecule has 2 atom stereocenters. The fraction of sp³-hybridized carbons (Fsp3) is 0.667. The second-order valence-electron chi connectivity index (χ2n) is 3.12. The first-order chi connectivity index (χ1) is 6.13. The number of aliphatic hydroxyl groups excluding tert-OH is 1. The molecule has 1 aliphatic rings. The average Bonchev–Trinajstić information content (AvgIpc) is 2.07. The molecule has 0 bridgehead atoms. The maximum atomic E-state index is 11.0. The van der Waals surface area contributed by atoms with Crippen molar-refractivity contribution in [3.05, 3.63) is 12.2 Å². The molecule has 0 aromatic rings. The zero-order valence-corrected chi connectivity index (χ0v) is 7.77. The lowest BCUT2D eigenvalue weighted by Gasteiger charge is -2.24. The zero-order valence-electron chi connectivity index (χ0n) is 7.77. The zero-order chi connectivity index (χ0) is 9.84. The van der Waals surface area contributed by atoms with E-state index in [-0.39, 0.29) is 18.5 Å². The highest BCUT2D eigenvalue weighted by Gasteiger charge is 2.25. The molecule has 0 amide bonds. The highest BCUT2D eigenvalue weighted by atomic mass is 16.7. The van der Waals surface area contributed by atoms with E-state index in [1.165, 1.54) is 6.08 Å². The Labute approximate surface area is 77.1 Å². The summed E-state index contributed by atoms with van der Waals surface area (Å²) in [7, 11) is 0. The van der Waals surface area contributed by atoms with Crippen molar-refractivity contribution in [2.45, 2.75) is 32.3 Å². The number of ether oxygens (including phenoxy) is 2. The Morgan fingerprint density at radius 2 is 2.38 bits per heavy atom. The number of ketones is 1. The van der Waals surface area contributed by atoms with Crippen LogP contribution < -0.4 is 0 Å². The molecule has 1 rings (SSSR count). The summed E-state index contributed by atoms with van der Waals surface area (Å²) < 4.78 is 10.4. The standard InChI is InChI=1S/C9H14O4/c1-6(2)12-9-4-3-7(11)8(5-10)13-9/h3-4,6,8-10H,5H2,1-2H3/t8-,9+/m1/s1. The minimum atomic E-state index is -0.770. The van der Waals surface area contributed by atoms with Gasteiger partial charge in [0.15, 0.2) is 12.1 Å². The second kappa shape index (κ2) is 4.50. The SMILES string of the molecule is CC(C)O[C@@H]1C=CC(=O)[C@@H](CO)O1. The lowest BCUT2D eigenvalue weighted by molar-refractivity contribution is -0.179. The molecular formula is C9H14O4. The quantitative estimate of drug-likeness (QED) is 0.686. The number of hydrogen-bond donors (Lipinski definition) is 1. The maximum absolute atomic E-state index is 11.0. The Balaban J connectivity index is 2.53. The summed E-state index contributed by atoms with van der Waals surface area (Å²) in [5, 5.41) is 8.78. The van der Waals surface area contributed by atoms with Crippen molar-refractivity contribution in [3.8, 4) is 0 Å². The van der Waals surface area contributed by atoms with Crippen LogP contribution in [0, 0.1) is 0 Å². The molecule has 4 nitrogen and oxygen atoms in total. The van der Waals surface area contributed by atoms with E-state index < -0.39 is 12.4 Å². The molecule has 0 spiro atoms. The van der Waals surface area contributed by atoms with Crippen LogP contribution in [-0.4, -0.2) is 36.0 Å². The third-order valence-electron chi connectivity index (χ3n) is 1.61. The van der Waals surface area contributed by atoms with Gasteiger partial charge in [-0.1, -0.05) is 0 Å².